The molecule has 0 aliphatic carbocycles. The summed E-state index contributed by atoms with van der Waals surface area (Å²) in [6, 6.07) is 1.89. The molecule has 0 radical (unpaired) electrons. The van der Waals surface area contributed by atoms with Crippen LogP contribution in [-0.2, 0) is 4.79 Å². The number of phenolic OH excluding ortho intramolecular Hbond substituents is 1. The van der Waals surface area contributed by atoms with Crippen LogP contribution in [0.2, 0.25) is 0 Å². The van der Waals surface area contributed by atoms with Gasteiger partial charge in [0.15, 0.2) is 5.75 Å². The number of carboxylic acids is 1. The second kappa shape index (κ2) is 10.0. The summed E-state index contributed by atoms with van der Waals surface area (Å²) in [4.78, 5) is 28.9. The molecule has 0 aliphatic heterocycles. The molecule has 6 N–H and O–H groups in total. The van der Waals surface area contributed by atoms with Gasteiger partial charge in [0.2, 0.25) is 0 Å². The highest BCUT2D eigenvalue weighted by Gasteiger charge is 2.18. The van der Waals surface area contributed by atoms with Crippen molar-refractivity contribution in [3.05, 3.63) is 38.4 Å². The Balaban J connectivity index is 0.000000438. The topological polar surface area (TPSA) is 196 Å². The van der Waals surface area contributed by atoms with Crippen LogP contribution in [0.1, 0.15) is 19.3 Å². The fourth-order valence-electron chi connectivity index (χ4n) is 1.40. The van der Waals surface area contributed by atoms with E-state index in [0.29, 0.717) is 19.0 Å². The summed E-state index contributed by atoms with van der Waals surface area (Å²) in [5.74, 6) is -1.52. The van der Waals surface area contributed by atoms with Crippen LogP contribution < -0.4 is 11.5 Å². The van der Waals surface area contributed by atoms with Gasteiger partial charge in [-0.3, -0.25) is 25.0 Å². The number of hydrogen-bond acceptors (Lipinski definition) is 8. The molecule has 0 aromatic heterocycles. The van der Waals surface area contributed by atoms with E-state index in [2.05, 4.69) is 0 Å². The molecular weight excluding hydrogens is 312 g/mol. The molecule has 0 unspecified atom stereocenters. The zero-order chi connectivity index (χ0) is 18.0. The number of carboxylic acid groups (broad SMARTS) is 1. The predicted molar refractivity (Wildman–Crippen MR) is 79.9 cm³/mol. The van der Waals surface area contributed by atoms with Crippen molar-refractivity contribution in [2.75, 3.05) is 6.54 Å². The van der Waals surface area contributed by atoms with Gasteiger partial charge in [-0.25, -0.2) is 0 Å². The molecule has 1 rings (SSSR count). The van der Waals surface area contributed by atoms with Crippen molar-refractivity contribution >= 4 is 17.3 Å². The maximum Gasteiger partial charge on any atom is 0.320 e. The van der Waals surface area contributed by atoms with E-state index in [-0.39, 0.29) is 0 Å². The molecule has 0 saturated carbocycles. The average Bonchev–Trinajstić information content (AvgIpc) is 2.47. The SMILES string of the molecule is NCCCC[C@H](N)C(=O)O.O=[N+]([O-])c1ccc(O)c([N+](=O)[O-])c1. The van der Waals surface area contributed by atoms with Gasteiger partial charge in [0, 0.05) is 6.07 Å². The summed E-state index contributed by atoms with van der Waals surface area (Å²) in [5, 5.41) is 37.7. The first-order valence-corrected chi connectivity index (χ1v) is 6.51. The lowest BCUT2D eigenvalue weighted by atomic mass is 10.1. The first-order chi connectivity index (χ1) is 10.7. The van der Waals surface area contributed by atoms with Crippen LogP contribution in [-0.4, -0.2) is 38.6 Å². The Bertz CT molecular complexity index is 564. The fraction of sp³-hybridized carbons (Fsp3) is 0.417. The van der Waals surface area contributed by atoms with Gasteiger partial charge in [-0.05, 0) is 25.5 Å². The van der Waals surface area contributed by atoms with E-state index in [1.165, 1.54) is 0 Å². The zero-order valence-electron chi connectivity index (χ0n) is 12.1. The molecule has 0 saturated heterocycles. The number of rotatable bonds is 7. The fourth-order valence-corrected chi connectivity index (χ4v) is 1.40. The van der Waals surface area contributed by atoms with Crippen molar-refractivity contribution in [1.29, 1.82) is 0 Å². The number of phenols is 1. The third kappa shape index (κ3) is 7.68. The van der Waals surface area contributed by atoms with Gasteiger partial charge in [-0.2, -0.15) is 0 Å². The number of non-ortho nitro benzene ring substituents is 1. The highest BCUT2D eigenvalue weighted by molar-refractivity contribution is 5.72. The molecule has 0 aliphatic rings. The van der Waals surface area contributed by atoms with Crippen molar-refractivity contribution < 1.29 is 24.9 Å². The average molecular weight is 330 g/mol. The third-order valence-electron chi connectivity index (χ3n) is 2.65. The molecular formula is C12H18N4O7. The number of nitro benzene ring substituents is 2. The number of aliphatic carboxylic acids is 1. The third-order valence-corrected chi connectivity index (χ3v) is 2.65. The van der Waals surface area contributed by atoms with Crippen LogP contribution in [0.25, 0.3) is 0 Å². The Hall–Kier alpha value is -2.79. The van der Waals surface area contributed by atoms with Gasteiger partial charge in [0.25, 0.3) is 5.69 Å². The Kier molecular flexibility index (Phi) is 8.81. The molecule has 1 atom stereocenters. The number of unbranched alkanes of at least 4 members (excludes halogenated alkanes) is 1. The summed E-state index contributed by atoms with van der Waals surface area (Å²) >= 11 is 0. The smallest absolute Gasteiger partial charge is 0.320 e. The molecule has 128 valence electrons. The second-order valence-electron chi connectivity index (χ2n) is 4.42. The van der Waals surface area contributed by atoms with Crippen LogP contribution in [0.15, 0.2) is 18.2 Å². The molecule has 0 bridgehead atoms. The lowest BCUT2D eigenvalue weighted by molar-refractivity contribution is -0.394. The maximum atomic E-state index is 10.2. The minimum absolute atomic E-state index is 0.426. The van der Waals surface area contributed by atoms with Crippen LogP contribution in [0.5, 0.6) is 5.75 Å². The molecule has 0 amide bonds. The number of nitrogens with zero attached hydrogens (tertiary/aromatic N) is 2. The maximum absolute atomic E-state index is 10.2. The van der Waals surface area contributed by atoms with Crippen LogP contribution in [0, 0.1) is 20.2 Å². The summed E-state index contributed by atoms with van der Waals surface area (Å²) in [5.41, 5.74) is 9.32. The van der Waals surface area contributed by atoms with E-state index in [4.69, 9.17) is 21.7 Å². The minimum Gasteiger partial charge on any atom is -0.502 e. The van der Waals surface area contributed by atoms with Gasteiger partial charge in [-0.15, -0.1) is 0 Å². The number of hydrogen-bond donors (Lipinski definition) is 4. The molecule has 11 heteroatoms. The van der Waals surface area contributed by atoms with Gasteiger partial charge in [-0.1, -0.05) is 6.42 Å². The van der Waals surface area contributed by atoms with E-state index in [1.54, 1.807) is 0 Å². The molecule has 0 spiro atoms. The van der Waals surface area contributed by atoms with E-state index >= 15 is 0 Å². The molecule has 11 nitrogen and oxygen atoms in total. The van der Waals surface area contributed by atoms with E-state index in [9.17, 15) is 25.0 Å². The summed E-state index contributed by atoms with van der Waals surface area (Å²) in [6.07, 6.45) is 2.16. The molecule has 0 heterocycles. The Labute approximate surface area is 130 Å². The van der Waals surface area contributed by atoms with Crippen molar-refractivity contribution in [2.24, 2.45) is 11.5 Å². The quantitative estimate of drug-likeness (QED) is 0.316. The van der Waals surface area contributed by atoms with Crippen LogP contribution in [0.3, 0.4) is 0 Å². The standard InChI is InChI=1S/C6H4N2O5.C6H14N2O2/c9-6-2-1-4(7(10)11)3-5(6)8(12)13;7-4-2-1-3-5(8)6(9)10/h1-3,9H;5H,1-4,7-8H2,(H,9,10)/t;5-/m.0/s1. The number of aromatic hydroxyl groups is 1. The Morgan fingerprint density at radius 1 is 1.22 bits per heavy atom. The molecule has 1 aromatic rings. The van der Waals surface area contributed by atoms with Gasteiger partial charge in [0.1, 0.15) is 6.04 Å². The van der Waals surface area contributed by atoms with E-state index in [0.717, 1.165) is 25.0 Å². The molecule has 23 heavy (non-hydrogen) atoms. The number of nitro groups is 2. The van der Waals surface area contributed by atoms with E-state index < -0.39 is 39.0 Å². The van der Waals surface area contributed by atoms with Crippen molar-refractivity contribution in [1.82, 2.24) is 0 Å². The highest BCUT2D eigenvalue weighted by Crippen LogP contribution is 2.29. The summed E-state index contributed by atoms with van der Waals surface area (Å²) < 4.78 is 0. The Morgan fingerprint density at radius 3 is 2.26 bits per heavy atom. The van der Waals surface area contributed by atoms with Gasteiger partial charge < -0.3 is 21.7 Å². The normalized spacial score (nSPS) is 11.0. The number of nitrogens with two attached hydrogens (primary N) is 2. The first kappa shape index (κ1) is 20.2. The predicted octanol–water partition coefficient (Wildman–Crippen LogP) is 0.736. The minimum atomic E-state index is -0.933. The van der Waals surface area contributed by atoms with Crippen LogP contribution >= 0.6 is 0 Å². The second-order valence-corrected chi connectivity index (χ2v) is 4.42. The monoisotopic (exact) mass is 330 g/mol. The summed E-state index contributed by atoms with van der Waals surface area (Å²) in [6.45, 7) is 0.604. The zero-order valence-corrected chi connectivity index (χ0v) is 12.1. The van der Waals surface area contributed by atoms with Crippen molar-refractivity contribution in [3.63, 3.8) is 0 Å². The molecule has 0 fully saturated rings. The van der Waals surface area contributed by atoms with E-state index in [1.807, 2.05) is 0 Å². The number of carbonyl (C=O) groups is 1. The Morgan fingerprint density at radius 2 is 1.83 bits per heavy atom. The first-order valence-electron chi connectivity index (χ1n) is 6.51. The molecule has 1 aromatic carbocycles. The lowest BCUT2D eigenvalue weighted by Crippen LogP contribution is -2.29. The van der Waals surface area contributed by atoms with Crippen LogP contribution in [0.4, 0.5) is 11.4 Å². The van der Waals surface area contributed by atoms with Gasteiger partial charge >= 0.3 is 11.7 Å². The number of benzene rings is 1. The van der Waals surface area contributed by atoms with Crippen molar-refractivity contribution in [3.8, 4) is 5.75 Å². The largest absolute Gasteiger partial charge is 0.502 e. The summed E-state index contributed by atoms with van der Waals surface area (Å²) in [7, 11) is 0. The van der Waals surface area contributed by atoms with Crippen molar-refractivity contribution in [2.45, 2.75) is 25.3 Å². The van der Waals surface area contributed by atoms with Gasteiger partial charge in [0.05, 0.1) is 15.9 Å². The lowest BCUT2D eigenvalue weighted by Gasteiger charge is -2.03. The highest BCUT2D eigenvalue weighted by atomic mass is 16.6.